The van der Waals surface area contributed by atoms with Crippen molar-refractivity contribution < 1.29 is 44.3 Å². The first-order valence-electron chi connectivity index (χ1n) is 6.63. The molecule has 2 aromatic rings. The lowest BCUT2D eigenvalue weighted by Gasteiger charge is -2.19. The lowest BCUT2D eigenvalue weighted by atomic mass is 10.1. The van der Waals surface area contributed by atoms with Gasteiger partial charge in [0.1, 0.15) is 11.3 Å². The molecular formula is C13H8F9N3O. The van der Waals surface area contributed by atoms with Gasteiger partial charge < -0.3 is 10.5 Å². The summed E-state index contributed by atoms with van der Waals surface area (Å²) in [6.07, 6.45) is -10.5. The summed E-state index contributed by atoms with van der Waals surface area (Å²) in [5.41, 5.74) is -2.19. The van der Waals surface area contributed by atoms with Gasteiger partial charge >= 0.3 is 12.4 Å². The molecule has 1 heterocycles. The molecule has 144 valence electrons. The maximum Gasteiger partial charge on any atom is 0.435 e. The molecule has 0 aliphatic carbocycles. The van der Waals surface area contributed by atoms with Gasteiger partial charge in [-0.05, 0) is 6.92 Å². The molecule has 0 saturated carbocycles. The van der Waals surface area contributed by atoms with Gasteiger partial charge in [0.15, 0.2) is 28.9 Å². The number of halogens is 9. The molecule has 26 heavy (non-hydrogen) atoms. The Morgan fingerprint density at radius 3 is 2.04 bits per heavy atom. The van der Waals surface area contributed by atoms with E-state index in [4.69, 9.17) is 5.73 Å². The van der Waals surface area contributed by atoms with E-state index in [1.807, 2.05) is 0 Å². The Morgan fingerprint density at radius 2 is 1.58 bits per heavy atom. The lowest BCUT2D eigenvalue weighted by Crippen LogP contribution is -2.21. The molecule has 0 aliphatic rings. The highest BCUT2D eigenvalue weighted by atomic mass is 19.4. The summed E-state index contributed by atoms with van der Waals surface area (Å²) in [4.78, 5) is 0. The zero-order valence-electron chi connectivity index (χ0n) is 12.6. The van der Waals surface area contributed by atoms with E-state index in [0.29, 0.717) is 6.20 Å². The van der Waals surface area contributed by atoms with Crippen LogP contribution in [0.4, 0.5) is 45.2 Å². The number of ether oxygens (including phenoxy) is 1. The Balaban J connectivity index is 2.94. The standard InChI is InChI=1S/C13H8F9N3O/c1-2-26-10-5(12(17,18)19)6(14)7(15)9(8(10)16)25-11(13(20,21)22)4(23)3-24-25/h3H,2,23H2,1H3. The van der Waals surface area contributed by atoms with Crippen molar-refractivity contribution in [3.8, 4) is 11.4 Å². The van der Waals surface area contributed by atoms with E-state index < -0.39 is 69.5 Å². The van der Waals surface area contributed by atoms with Crippen LogP contribution >= 0.6 is 0 Å². The molecule has 2 N–H and O–H groups in total. The molecule has 1 aromatic carbocycles. The normalized spacial score (nSPS) is 12.5. The molecule has 0 aliphatic heterocycles. The number of hydrogen-bond donors (Lipinski definition) is 1. The number of nitrogens with two attached hydrogens (primary N) is 1. The van der Waals surface area contributed by atoms with E-state index in [2.05, 4.69) is 9.84 Å². The van der Waals surface area contributed by atoms with E-state index in [-0.39, 0.29) is 0 Å². The smallest absolute Gasteiger partial charge is 0.435 e. The fourth-order valence-electron chi connectivity index (χ4n) is 2.16. The predicted octanol–water partition coefficient (Wildman–Crippen LogP) is 4.31. The molecule has 0 amide bonds. The monoisotopic (exact) mass is 393 g/mol. The second-order valence-corrected chi connectivity index (χ2v) is 4.78. The second-order valence-electron chi connectivity index (χ2n) is 4.78. The fourth-order valence-corrected chi connectivity index (χ4v) is 2.16. The highest BCUT2D eigenvalue weighted by Gasteiger charge is 2.45. The number of anilines is 1. The summed E-state index contributed by atoms with van der Waals surface area (Å²) in [7, 11) is 0. The van der Waals surface area contributed by atoms with Crippen molar-refractivity contribution in [2.24, 2.45) is 0 Å². The Labute approximate surface area is 138 Å². The van der Waals surface area contributed by atoms with E-state index in [9.17, 15) is 39.5 Å². The topological polar surface area (TPSA) is 53.1 Å². The van der Waals surface area contributed by atoms with Crippen LogP contribution in [-0.4, -0.2) is 16.4 Å². The molecular weight excluding hydrogens is 385 g/mol. The quantitative estimate of drug-likeness (QED) is 0.625. The van der Waals surface area contributed by atoms with Crippen molar-refractivity contribution in [2.45, 2.75) is 19.3 Å². The largest absolute Gasteiger partial charge is 0.490 e. The van der Waals surface area contributed by atoms with Gasteiger partial charge in [-0.25, -0.2) is 17.9 Å². The summed E-state index contributed by atoms with van der Waals surface area (Å²) >= 11 is 0. The van der Waals surface area contributed by atoms with Crippen molar-refractivity contribution in [1.29, 1.82) is 0 Å². The molecule has 0 radical (unpaired) electrons. The number of nitrogens with zero attached hydrogens (tertiary/aromatic N) is 2. The van der Waals surface area contributed by atoms with Crippen LogP contribution in [0.15, 0.2) is 6.20 Å². The number of aromatic nitrogens is 2. The van der Waals surface area contributed by atoms with Crippen molar-refractivity contribution in [2.75, 3.05) is 12.3 Å². The zero-order valence-corrected chi connectivity index (χ0v) is 12.6. The first-order chi connectivity index (χ1) is 11.8. The summed E-state index contributed by atoms with van der Waals surface area (Å²) in [5, 5.41) is 3.00. The van der Waals surface area contributed by atoms with Crippen molar-refractivity contribution in [1.82, 2.24) is 9.78 Å². The second kappa shape index (κ2) is 6.29. The van der Waals surface area contributed by atoms with Gasteiger partial charge in [-0.3, -0.25) is 0 Å². The first-order valence-corrected chi connectivity index (χ1v) is 6.63. The molecule has 13 heteroatoms. The third kappa shape index (κ3) is 3.12. The maximum atomic E-state index is 14.5. The average Bonchev–Trinajstić information content (AvgIpc) is 2.85. The van der Waals surface area contributed by atoms with E-state index in [1.165, 1.54) is 0 Å². The van der Waals surface area contributed by atoms with Crippen molar-refractivity contribution in [3.63, 3.8) is 0 Å². The Hall–Kier alpha value is -2.60. The molecule has 0 spiro atoms. The van der Waals surface area contributed by atoms with E-state index in [0.717, 1.165) is 6.92 Å². The van der Waals surface area contributed by atoms with Gasteiger partial charge in [0.25, 0.3) is 0 Å². The van der Waals surface area contributed by atoms with Crippen LogP contribution in [0.25, 0.3) is 5.69 Å². The Morgan fingerprint density at radius 1 is 1.00 bits per heavy atom. The van der Waals surface area contributed by atoms with Gasteiger partial charge in [-0.2, -0.15) is 31.4 Å². The van der Waals surface area contributed by atoms with E-state index in [1.54, 1.807) is 0 Å². The van der Waals surface area contributed by atoms with E-state index >= 15 is 0 Å². The SMILES string of the molecule is CCOc1c(F)c(-n2ncc(N)c2C(F)(F)F)c(F)c(F)c1C(F)(F)F. The summed E-state index contributed by atoms with van der Waals surface area (Å²) in [6.45, 7) is 0.492. The summed E-state index contributed by atoms with van der Waals surface area (Å²) in [6, 6.07) is 0. The minimum absolute atomic E-state index is 0.359. The highest BCUT2D eigenvalue weighted by Crippen LogP contribution is 2.44. The van der Waals surface area contributed by atoms with Crippen molar-refractivity contribution in [3.05, 3.63) is 34.9 Å². The van der Waals surface area contributed by atoms with Crippen molar-refractivity contribution >= 4 is 5.69 Å². The molecule has 0 atom stereocenters. The molecule has 4 nitrogen and oxygen atoms in total. The van der Waals surface area contributed by atoms with Crippen LogP contribution in [0.2, 0.25) is 0 Å². The molecule has 1 aromatic heterocycles. The van der Waals surface area contributed by atoms with Gasteiger partial charge in [0.2, 0.25) is 0 Å². The molecule has 0 unspecified atom stereocenters. The molecule has 0 saturated heterocycles. The van der Waals surface area contributed by atoms with Crippen LogP contribution in [-0.2, 0) is 12.4 Å². The number of rotatable bonds is 3. The number of alkyl halides is 6. The molecule has 0 bridgehead atoms. The molecule has 0 fully saturated rings. The number of nitrogen functional groups attached to an aromatic ring is 1. The van der Waals surface area contributed by atoms with Gasteiger partial charge in [-0.1, -0.05) is 0 Å². The van der Waals surface area contributed by atoms with Gasteiger partial charge in [0.05, 0.1) is 18.5 Å². The van der Waals surface area contributed by atoms with Gasteiger partial charge in [0, 0.05) is 0 Å². The minimum atomic E-state index is -5.58. The lowest BCUT2D eigenvalue weighted by molar-refractivity contribution is -0.143. The third-order valence-electron chi connectivity index (χ3n) is 3.10. The number of hydrogen-bond acceptors (Lipinski definition) is 3. The van der Waals surface area contributed by atoms with Gasteiger partial charge in [-0.15, -0.1) is 0 Å². The summed E-state index contributed by atoms with van der Waals surface area (Å²) in [5.74, 6) is -9.19. The molecule has 2 rings (SSSR count). The third-order valence-corrected chi connectivity index (χ3v) is 3.10. The average molecular weight is 393 g/mol. The fraction of sp³-hybridized carbons (Fsp3) is 0.308. The first kappa shape index (κ1) is 19.7. The Bertz CT molecular complexity index is 839. The van der Waals surface area contributed by atoms with Crippen LogP contribution < -0.4 is 10.5 Å². The maximum absolute atomic E-state index is 14.5. The summed E-state index contributed by atoms with van der Waals surface area (Å²) < 4.78 is 124. The number of benzene rings is 1. The van der Waals surface area contributed by atoms with Crippen LogP contribution in [0, 0.1) is 17.5 Å². The highest BCUT2D eigenvalue weighted by molar-refractivity contribution is 5.54. The van der Waals surface area contributed by atoms with Crippen LogP contribution in [0.1, 0.15) is 18.2 Å². The van der Waals surface area contributed by atoms with Crippen LogP contribution in [0.3, 0.4) is 0 Å². The Kier molecular flexibility index (Phi) is 4.77. The van der Waals surface area contributed by atoms with Crippen LogP contribution in [0.5, 0.6) is 5.75 Å². The predicted molar refractivity (Wildman–Crippen MR) is 69.0 cm³/mol. The minimum Gasteiger partial charge on any atom is -0.490 e. The zero-order chi connectivity index (χ0) is 20.0.